The van der Waals surface area contributed by atoms with Gasteiger partial charge in [-0.2, -0.15) is 0 Å². The second-order valence-corrected chi connectivity index (χ2v) is 10.9. The quantitative estimate of drug-likeness (QED) is 0.0816. The van der Waals surface area contributed by atoms with Crippen molar-refractivity contribution in [1.29, 1.82) is 0 Å². The zero-order valence-electron chi connectivity index (χ0n) is 23.7. The van der Waals surface area contributed by atoms with Crippen LogP contribution in [-0.2, 0) is 28.4 Å². The van der Waals surface area contributed by atoms with Crippen LogP contribution < -0.4 is 0 Å². The van der Waals surface area contributed by atoms with Gasteiger partial charge in [-0.05, 0) is 0 Å². The molecule has 3 aliphatic rings. The topological polar surface area (TPSA) is 359 Å². The van der Waals surface area contributed by atoms with Gasteiger partial charge >= 0.3 is 0 Å². The molecule has 0 aromatic rings. The highest BCUT2D eigenvalue weighted by Crippen LogP contribution is 2.32. The molecule has 21 heteroatoms. The monoisotopic (exact) mass is 668 g/mol. The average Bonchev–Trinajstić information content (AvgIpc) is 3.04. The minimum absolute atomic E-state index is 0.851. The van der Waals surface area contributed by atoms with Crippen LogP contribution in [-0.4, -0.2) is 226 Å². The van der Waals surface area contributed by atoms with E-state index in [4.69, 9.17) is 28.4 Å². The summed E-state index contributed by atoms with van der Waals surface area (Å²) in [6.45, 7) is -4.84. The molecule has 0 spiro atoms. The van der Waals surface area contributed by atoms with Crippen molar-refractivity contribution in [3.63, 3.8) is 0 Å². The predicted octanol–water partition coefficient (Wildman–Crippen LogP) is -10.1. The molecule has 3 rings (SSSR count). The lowest BCUT2D eigenvalue weighted by atomic mass is 9.96. The lowest BCUT2D eigenvalue weighted by Crippen LogP contribution is -2.66. The van der Waals surface area contributed by atoms with E-state index in [-0.39, 0.29) is 0 Å². The van der Waals surface area contributed by atoms with Crippen molar-refractivity contribution in [2.24, 2.45) is 0 Å². The number of aliphatic hydroxyl groups excluding tert-OH is 15. The van der Waals surface area contributed by atoms with Crippen molar-refractivity contribution < 1.29 is 105 Å². The van der Waals surface area contributed by atoms with Crippen LogP contribution in [0.5, 0.6) is 0 Å². The highest BCUT2D eigenvalue weighted by atomic mass is 16.8. The van der Waals surface area contributed by atoms with Gasteiger partial charge in [-0.3, -0.25) is 0 Å². The van der Waals surface area contributed by atoms with E-state index in [2.05, 4.69) is 0 Å². The fourth-order valence-corrected chi connectivity index (χ4v) is 5.09. The summed E-state index contributed by atoms with van der Waals surface area (Å²) in [6.07, 6.45) is -35.9. The van der Waals surface area contributed by atoms with E-state index in [0.717, 1.165) is 0 Å². The van der Waals surface area contributed by atoms with Crippen LogP contribution in [0.25, 0.3) is 0 Å². The summed E-state index contributed by atoms with van der Waals surface area (Å²) >= 11 is 0. The van der Waals surface area contributed by atoms with Crippen molar-refractivity contribution in [1.82, 2.24) is 0 Å². The smallest absolute Gasteiger partial charge is 0.187 e. The molecule has 0 aromatic carbocycles. The Labute approximate surface area is 255 Å². The molecule has 45 heavy (non-hydrogen) atoms. The average molecular weight is 669 g/mol. The van der Waals surface area contributed by atoms with Gasteiger partial charge in [0.1, 0.15) is 97.7 Å². The summed E-state index contributed by atoms with van der Waals surface area (Å²) in [6, 6.07) is 0. The molecular formula is C24H44O21. The van der Waals surface area contributed by atoms with Gasteiger partial charge in [0.2, 0.25) is 0 Å². The molecule has 0 radical (unpaired) electrons. The minimum atomic E-state index is -2.19. The molecule has 19 atom stereocenters. The van der Waals surface area contributed by atoms with E-state index in [1.165, 1.54) is 0 Å². The minimum Gasteiger partial charge on any atom is -0.394 e. The Balaban J connectivity index is 1.93. The van der Waals surface area contributed by atoms with E-state index in [1.807, 2.05) is 0 Å². The molecule has 0 amide bonds. The van der Waals surface area contributed by atoms with Gasteiger partial charge in [0.25, 0.3) is 0 Å². The van der Waals surface area contributed by atoms with E-state index in [0.29, 0.717) is 0 Å². The van der Waals surface area contributed by atoms with E-state index < -0.39 is 150 Å². The van der Waals surface area contributed by atoms with E-state index in [9.17, 15) is 76.6 Å². The highest BCUT2D eigenvalue weighted by Gasteiger charge is 2.53. The number of hydrogen-bond donors (Lipinski definition) is 15. The van der Waals surface area contributed by atoms with Crippen molar-refractivity contribution in [3.05, 3.63) is 0 Å². The van der Waals surface area contributed by atoms with Gasteiger partial charge in [-0.15, -0.1) is 0 Å². The van der Waals surface area contributed by atoms with Crippen LogP contribution in [0.3, 0.4) is 0 Å². The standard InChI is InChI=1S/C24H44O21/c25-1-6(30)11(31)20(10(5-29)43-22-18(38)15(35)12(32)7(2-26)40-22)44-24-21(17(37)14(34)9(4-28)42-24)45-23-19(39)16(36)13(33)8(3-27)41-23/h6-39H,1-5H2/t6-,7-,8-,9-,10+,11+,12-,13-,14-,15+,16+,17+,18-,19+,20-,21+,22-,23-,24-/m1/s1. The summed E-state index contributed by atoms with van der Waals surface area (Å²) in [7, 11) is 0. The maximum absolute atomic E-state index is 10.9. The summed E-state index contributed by atoms with van der Waals surface area (Å²) in [5.74, 6) is 0. The Kier molecular flexibility index (Phi) is 14.6. The van der Waals surface area contributed by atoms with Crippen molar-refractivity contribution >= 4 is 0 Å². The first-order valence-corrected chi connectivity index (χ1v) is 14.0. The fraction of sp³-hybridized carbons (Fsp3) is 1.00. The first-order chi connectivity index (χ1) is 21.2. The summed E-state index contributed by atoms with van der Waals surface area (Å²) in [5.41, 5.74) is 0. The third-order valence-corrected chi connectivity index (χ3v) is 7.88. The van der Waals surface area contributed by atoms with Gasteiger partial charge < -0.3 is 105 Å². The Morgan fingerprint density at radius 3 is 1.40 bits per heavy atom. The van der Waals surface area contributed by atoms with Crippen molar-refractivity contribution in [2.45, 2.75) is 117 Å². The highest BCUT2D eigenvalue weighted by molar-refractivity contribution is 4.96. The van der Waals surface area contributed by atoms with Gasteiger partial charge in [-0.25, -0.2) is 0 Å². The third kappa shape index (κ3) is 8.43. The SMILES string of the molecule is OC[C@@H](O)[C@H](O)[C@H](O[C@H]1O[C@H](CO)[C@@H](O)[C@H](O)[C@@H]1O[C@H]1O[C@H](CO)[C@@H](O)[C@H](O)[C@@H]1O)[C@H](CO)O[C@H]1O[C@H](CO)[C@@H](O)[C@H](O)[C@H]1O. The number of rotatable bonds is 14. The summed E-state index contributed by atoms with van der Waals surface area (Å²) < 4.78 is 32.7. The molecule has 3 fully saturated rings. The Morgan fingerprint density at radius 2 is 0.933 bits per heavy atom. The molecule has 15 N–H and O–H groups in total. The van der Waals surface area contributed by atoms with Crippen LogP contribution in [0, 0.1) is 0 Å². The number of hydrogen-bond acceptors (Lipinski definition) is 21. The summed E-state index contributed by atoms with van der Waals surface area (Å²) in [4.78, 5) is 0. The zero-order valence-corrected chi connectivity index (χ0v) is 23.7. The normalized spacial score (nSPS) is 45.5. The zero-order chi connectivity index (χ0) is 33.7. The summed E-state index contributed by atoms with van der Waals surface area (Å²) in [5, 5.41) is 152. The lowest BCUT2D eigenvalue weighted by Gasteiger charge is -2.47. The van der Waals surface area contributed by atoms with Gasteiger partial charge in [0.15, 0.2) is 18.9 Å². The largest absolute Gasteiger partial charge is 0.394 e. The second-order valence-electron chi connectivity index (χ2n) is 10.9. The molecule has 0 unspecified atom stereocenters. The molecule has 0 aromatic heterocycles. The molecule has 0 aliphatic carbocycles. The van der Waals surface area contributed by atoms with Crippen LogP contribution in [0.15, 0.2) is 0 Å². The molecular weight excluding hydrogens is 624 g/mol. The van der Waals surface area contributed by atoms with Crippen LogP contribution in [0.2, 0.25) is 0 Å². The lowest BCUT2D eigenvalue weighted by molar-refractivity contribution is -0.383. The maximum Gasteiger partial charge on any atom is 0.187 e. The Hall–Kier alpha value is -0.840. The van der Waals surface area contributed by atoms with E-state index in [1.54, 1.807) is 0 Å². The van der Waals surface area contributed by atoms with Gasteiger partial charge in [0.05, 0.1) is 33.0 Å². The number of aliphatic hydroxyl groups is 15. The molecule has 21 nitrogen and oxygen atoms in total. The van der Waals surface area contributed by atoms with E-state index >= 15 is 0 Å². The molecule has 266 valence electrons. The van der Waals surface area contributed by atoms with Crippen molar-refractivity contribution in [3.8, 4) is 0 Å². The van der Waals surface area contributed by atoms with Gasteiger partial charge in [-0.1, -0.05) is 0 Å². The molecule has 0 saturated carbocycles. The predicted molar refractivity (Wildman–Crippen MR) is 136 cm³/mol. The molecule has 3 saturated heterocycles. The first kappa shape index (κ1) is 38.6. The van der Waals surface area contributed by atoms with Crippen LogP contribution in [0.1, 0.15) is 0 Å². The van der Waals surface area contributed by atoms with Gasteiger partial charge in [0, 0.05) is 0 Å². The molecule has 0 bridgehead atoms. The van der Waals surface area contributed by atoms with Crippen molar-refractivity contribution in [2.75, 3.05) is 33.0 Å². The molecule has 3 heterocycles. The fourth-order valence-electron chi connectivity index (χ4n) is 5.09. The molecule has 3 aliphatic heterocycles. The van der Waals surface area contributed by atoms with Crippen LogP contribution >= 0.6 is 0 Å². The maximum atomic E-state index is 10.9. The second kappa shape index (κ2) is 17.0. The number of ether oxygens (including phenoxy) is 6. The Bertz CT molecular complexity index is 869. The first-order valence-electron chi connectivity index (χ1n) is 14.0. The van der Waals surface area contributed by atoms with Crippen LogP contribution in [0.4, 0.5) is 0 Å². The third-order valence-electron chi connectivity index (χ3n) is 7.88. The Morgan fingerprint density at radius 1 is 0.489 bits per heavy atom.